The molecule has 0 aliphatic heterocycles. The highest BCUT2D eigenvalue weighted by Gasteiger charge is 2.29. The summed E-state index contributed by atoms with van der Waals surface area (Å²) >= 11 is 5.94. The van der Waals surface area contributed by atoms with Gasteiger partial charge in [0, 0.05) is 30.4 Å². The van der Waals surface area contributed by atoms with Gasteiger partial charge in [0.2, 0.25) is 0 Å². The summed E-state index contributed by atoms with van der Waals surface area (Å²) < 4.78 is 0. The minimum absolute atomic E-state index is 0.0436. The molecule has 1 aliphatic carbocycles. The Labute approximate surface area is 124 Å². The molecule has 0 radical (unpaired) electrons. The van der Waals surface area contributed by atoms with Gasteiger partial charge >= 0.3 is 0 Å². The fourth-order valence-corrected chi connectivity index (χ4v) is 2.47. The Morgan fingerprint density at radius 1 is 1.55 bits per heavy atom. The van der Waals surface area contributed by atoms with Crippen LogP contribution in [0.15, 0.2) is 12.1 Å². The second kappa shape index (κ2) is 5.97. The van der Waals surface area contributed by atoms with Crippen molar-refractivity contribution in [2.75, 3.05) is 18.9 Å². The molecule has 1 aliphatic rings. The number of nitrogens with one attached hydrogen (secondary N) is 1. The van der Waals surface area contributed by atoms with Crippen LogP contribution in [-0.2, 0) is 0 Å². The second-order valence-corrected chi connectivity index (χ2v) is 5.91. The first-order chi connectivity index (χ1) is 9.40. The molecule has 0 spiro atoms. The quantitative estimate of drug-likeness (QED) is 0.645. The van der Waals surface area contributed by atoms with Crippen LogP contribution in [-0.4, -0.2) is 35.5 Å². The van der Waals surface area contributed by atoms with Gasteiger partial charge in [0.05, 0.1) is 4.92 Å². The second-order valence-electron chi connectivity index (χ2n) is 5.50. The Kier molecular flexibility index (Phi) is 4.50. The molecule has 1 aromatic carbocycles. The average Bonchev–Trinajstić information content (AvgIpc) is 3.22. The van der Waals surface area contributed by atoms with E-state index in [0.717, 1.165) is 17.8 Å². The van der Waals surface area contributed by atoms with Crippen LogP contribution in [0.5, 0.6) is 0 Å². The van der Waals surface area contributed by atoms with E-state index >= 15 is 0 Å². The first kappa shape index (κ1) is 15.1. The summed E-state index contributed by atoms with van der Waals surface area (Å²) in [6, 6.07) is 4.28. The molecule has 2 rings (SSSR count). The molecule has 0 saturated heterocycles. The lowest BCUT2D eigenvalue weighted by atomic mass is 10.1. The van der Waals surface area contributed by atoms with Crippen LogP contribution >= 0.6 is 11.6 Å². The van der Waals surface area contributed by atoms with Gasteiger partial charge in [0.25, 0.3) is 5.69 Å². The zero-order valence-corrected chi connectivity index (χ0v) is 12.8. The summed E-state index contributed by atoms with van der Waals surface area (Å²) in [5.74, 6) is 0. The number of halogens is 1. The van der Waals surface area contributed by atoms with Crippen LogP contribution < -0.4 is 5.32 Å². The molecule has 0 amide bonds. The van der Waals surface area contributed by atoms with Crippen LogP contribution in [0.2, 0.25) is 5.02 Å². The fourth-order valence-electron chi connectivity index (χ4n) is 2.24. The largest absolute Gasteiger partial charge is 0.383 e. The number of hydrogen-bond acceptors (Lipinski definition) is 4. The van der Waals surface area contributed by atoms with Gasteiger partial charge in [-0.25, -0.2) is 0 Å². The SMILES string of the molecule is Cc1cc([N+](=O)[O-])c(Cl)cc1NCC(C)N(C)C1CC1. The summed E-state index contributed by atoms with van der Waals surface area (Å²) in [5, 5.41) is 14.3. The molecule has 6 heteroatoms. The van der Waals surface area contributed by atoms with E-state index in [-0.39, 0.29) is 10.7 Å². The van der Waals surface area contributed by atoms with Crippen molar-refractivity contribution in [2.45, 2.75) is 38.8 Å². The zero-order valence-electron chi connectivity index (χ0n) is 12.0. The fraction of sp³-hybridized carbons (Fsp3) is 0.571. The molecule has 20 heavy (non-hydrogen) atoms. The monoisotopic (exact) mass is 297 g/mol. The minimum atomic E-state index is -0.456. The maximum Gasteiger partial charge on any atom is 0.288 e. The third-order valence-electron chi connectivity index (χ3n) is 3.90. The van der Waals surface area contributed by atoms with Crippen LogP contribution in [0, 0.1) is 17.0 Å². The van der Waals surface area contributed by atoms with E-state index in [4.69, 9.17) is 11.6 Å². The Balaban J connectivity index is 2.02. The van der Waals surface area contributed by atoms with Gasteiger partial charge in [-0.2, -0.15) is 0 Å². The average molecular weight is 298 g/mol. The topological polar surface area (TPSA) is 58.4 Å². The van der Waals surface area contributed by atoms with Crippen LogP contribution in [0.25, 0.3) is 0 Å². The van der Waals surface area contributed by atoms with Crippen molar-refractivity contribution in [1.29, 1.82) is 0 Å². The standard InChI is InChI=1S/C14H20ClN3O2/c1-9-6-14(18(19)20)12(15)7-13(9)16-8-10(2)17(3)11-4-5-11/h6-7,10-11,16H,4-5,8H2,1-3H3. The predicted molar refractivity (Wildman–Crippen MR) is 81.6 cm³/mol. The van der Waals surface area contributed by atoms with Gasteiger partial charge in [-0.1, -0.05) is 11.6 Å². The first-order valence-electron chi connectivity index (χ1n) is 6.80. The smallest absolute Gasteiger partial charge is 0.288 e. The summed E-state index contributed by atoms with van der Waals surface area (Å²) in [7, 11) is 2.14. The van der Waals surface area contributed by atoms with Crippen LogP contribution in [0.3, 0.4) is 0 Å². The van der Waals surface area contributed by atoms with Crippen LogP contribution in [0.1, 0.15) is 25.3 Å². The number of rotatable bonds is 6. The van der Waals surface area contributed by atoms with Crippen molar-refractivity contribution in [3.05, 3.63) is 32.8 Å². The summed E-state index contributed by atoms with van der Waals surface area (Å²) in [4.78, 5) is 12.7. The molecule has 1 N–H and O–H groups in total. The number of nitro groups is 1. The van der Waals surface area contributed by atoms with Crippen molar-refractivity contribution >= 4 is 23.0 Å². The van der Waals surface area contributed by atoms with Gasteiger partial charge in [-0.05, 0) is 45.4 Å². The molecular weight excluding hydrogens is 278 g/mol. The first-order valence-corrected chi connectivity index (χ1v) is 7.18. The van der Waals surface area contributed by atoms with Gasteiger partial charge in [0.1, 0.15) is 5.02 Å². The number of benzene rings is 1. The normalized spacial score (nSPS) is 16.2. The highest BCUT2D eigenvalue weighted by atomic mass is 35.5. The maximum atomic E-state index is 10.8. The Morgan fingerprint density at radius 2 is 2.20 bits per heavy atom. The zero-order chi connectivity index (χ0) is 14.9. The number of aryl methyl sites for hydroxylation is 1. The van der Waals surface area contributed by atoms with Crippen molar-refractivity contribution < 1.29 is 4.92 Å². The van der Waals surface area contributed by atoms with Gasteiger partial charge < -0.3 is 5.32 Å². The summed E-state index contributed by atoms with van der Waals surface area (Å²) in [5.41, 5.74) is 1.65. The highest BCUT2D eigenvalue weighted by molar-refractivity contribution is 6.33. The third-order valence-corrected chi connectivity index (χ3v) is 4.20. The third kappa shape index (κ3) is 3.41. The molecule has 0 aromatic heterocycles. The minimum Gasteiger partial charge on any atom is -0.383 e. The molecule has 1 saturated carbocycles. The Hall–Kier alpha value is -1.33. The summed E-state index contributed by atoms with van der Waals surface area (Å²) in [6.45, 7) is 4.82. The van der Waals surface area contributed by atoms with Gasteiger partial charge in [0.15, 0.2) is 0 Å². The maximum absolute atomic E-state index is 10.8. The number of nitrogens with zero attached hydrogens (tertiary/aromatic N) is 2. The van der Waals surface area contributed by atoms with Crippen molar-refractivity contribution in [2.24, 2.45) is 0 Å². The molecule has 0 bridgehead atoms. The van der Waals surface area contributed by atoms with Crippen LogP contribution in [0.4, 0.5) is 11.4 Å². The van der Waals surface area contributed by atoms with Crippen molar-refractivity contribution in [1.82, 2.24) is 4.90 Å². The molecule has 0 heterocycles. The van der Waals surface area contributed by atoms with E-state index in [1.54, 1.807) is 6.07 Å². The van der Waals surface area contributed by atoms with Gasteiger partial charge in [-0.15, -0.1) is 0 Å². The van der Waals surface area contributed by atoms with Crippen molar-refractivity contribution in [3.63, 3.8) is 0 Å². The number of likely N-dealkylation sites (N-methyl/N-ethyl adjacent to an activating group) is 1. The molecular formula is C14H20ClN3O2. The van der Waals surface area contributed by atoms with Gasteiger partial charge in [-0.3, -0.25) is 15.0 Å². The number of hydrogen-bond donors (Lipinski definition) is 1. The molecule has 1 atom stereocenters. The Bertz CT molecular complexity index is 517. The molecule has 1 fully saturated rings. The number of nitro benzene ring substituents is 1. The lowest BCUT2D eigenvalue weighted by Gasteiger charge is -2.25. The summed E-state index contributed by atoms with van der Waals surface area (Å²) in [6.07, 6.45) is 2.56. The van der Waals surface area contributed by atoms with Crippen molar-refractivity contribution in [3.8, 4) is 0 Å². The Morgan fingerprint density at radius 3 is 2.75 bits per heavy atom. The van der Waals surface area contributed by atoms with E-state index in [1.165, 1.54) is 18.9 Å². The molecule has 1 unspecified atom stereocenters. The van der Waals surface area contributed by atoms with E-state index in [1.807, 2.05) is 6.92 Å². The lowest BCUT2D eigenvalue weighted by Crippen LogP contribution is -2.36. The van der Waals surface area contributed by atoms with E-state index in [2.05, 4.69) is 24.2 Å². The molecule has 1 aromatic rings. The van der Waals surface area contributed by atoms with E-state index in [0.29, 0.717) is 12.1 Å². The predicted octanol–water partition coefficient (Wildman–Crippen LogP) is 3.45. The van der Waals surface area contributed by atoms with E-state index in [9.17, 15) is 10.1 Å². The highest BCUT2D eigenvalue weighted by Crippen LogP contribution is 2.31. The number of anilines is 1. The van der Waals surface area contributed by atoms with E-state index < -0.39 is 4.92 Å². The molecule has 110 valence electrons. The lowest BCUT2D eigenvalue weighted by molar-refractivity contribution is -0.384. The molecule has 5 nitrogen and oxygen atoms in total.